The lowest BCUT2D eigenvalue weighted by molar-refractivity contribution is 0.0973. The largest absolute Gasteiger partial charge is 0.493 e. The SMILES string of the molecule is CC(C)CCOc1ccccc1C(=O)NC(=S)Nc1ccc(S(=O)(=O)Nc2ccccc2)cc1. The lowest BCUT2D eigenvalue weighted by Gasteiger charge is -2.14. The van der Waals surface area contributed by atoms with E-state index in [1.54, 1.807) is 66.7 Å². The second kappa shape index (κ2) is 11.6. The van der Waals surface area contributed by atoms with Crippen LogP contribution in [0.2, 0.25) is 0 Å². The summed E-state index contributed by atoms with van der Waals surface area (Å²) < 4.78 is 33.4. The van der Waals surface area contributed by atoms with E-state index in [0.717, 1.165) is 6.42 Å². The van der Waals surface area contributed by atoms with Crippen LogP contribution in [0.4, 0.5) is 11.4 Å². The van der Waals surface area contributed by atoms with Crippen molar-refractivity contribution in [3.63, 3.8) is 0 Å². The van der Waals surface area contributed by atoms with Crippen molar-refractivity contribution in [2.45, 2.75) is 25.2 Å². The van der Waals surface area contributed by atoms with Crippen molar-refractivity contribution in [2.75, 3.05) is 16.6 Å². The predicted octanol–water partition coefficient (Wildman–Crippen LogP) is 5.04. The maximum Gasteiger partial charge on any atom is 0.261 e. The molecule has 0 aliphatic rings. The normalized spacial score (nSPS) is 11.0. The van der Waals surface area contributed by atoms with Crippen LogP contribution in [0.15, 0.2) is 83.8 Å². The van der Waals surface area contributed by atoms with E-state index in [1.165, 1.54) is 12.1 Å². The average molecular weight is 498 g/mol. The van der Waals surface area contributed by atoms with Crippen LogP contribution in [0.5, 0.6) is 5.75 Å². The first-order valence-electron chi connectivity index (χ1n) is 10.8. The molecular weight excluding hydrogens is 470 g/mol. The number of para-hydroxylation sites is 2. The Labute approximate surface area is 205 Å². The minimum Gasteiger partial charge on any atom is -0.493 e. The number of benzene rings is 3. The van der Waals surface area contributed by atoms with Gasteiger partial charge in [0.1, 0.15) is 5.75 Å². The second-order valence-electron chi connectivity index (χ2n) is 7.93. The molecular formula is C25H27N3O4S2. The Kier molecular flexibility index (Phi) is 8.61. The fourth-order valence-electron chi connectivity index (χ4n) is 2.96. The molecule has 34 heavy (non-hydrogen) atoms. The number of nitrogens with one attached hydrogen (secondary N) is 3. The molecule has 178 valence electrons. The van der Waals surface area contributed by atoms with Crippen molar-refractivity contribution >= 4 is 44.6 Å². The quantitative estimate of drug-likeness (QED) is 0.359. The van der Waals surface area contributed by atoms with Gasteiger partial charge in [-0.3, -0.25) is 14.8 Å². The monoisotopic (exact) mass is 497 g/mol. The summed E-state index contributed by atoms with van der Waals surface area (Å²) in [7, 11) is -3.73. The summed E-state index contributed by atoms with van der Waals surface area (Å²) in [6, 6.07) is 21.7. The number of hydrogen-bond acceptors (Lipinski definition) is 5. The number of rotatable bonds is 9. The molecule has 0 fully saturated rings. The van der Waals surface area contributed by atoms with Crippen LogP contribution < -0.4 is 20.1 Å². The molecule has 3 N–H and O–H groups in total. The van der Waals surface area contributed by atoms with E-state index in [-0.39, 0.29) is 10.0 Å². The highest BCUT2D eigenvalue weighted by atomic mass is 32.2. The second-order valence-corrected chi connectivity index (χ2v) is 10.0. The van der Waals surface area contributed by atoms with Crippen LogP contribution in [0, 0.1) is 5.92 Å². The first-order valence-corrected chi connectivity index (χ1v) is 12.7. The highest BCUT2D eigenvalue weighted by Gasteiger charge is 2.16. The summed E-state index contributed by atoms with van der Waals surface area (Å²) in [6.45, 7) is 4.72. The topological polar surface area (TPSA) is 96.5 Å². The Hall–Kier alpha value is -3.43. The zero-order valence-corrected chi connectivity index (χ0v) is 20.6. The smallest absolute Gasteiger partial charge is 0.261 e. The van der Waals surface area contributed by atoms with Crippen molar-refractivity contribution in [1.29, 1.82) is 0 Å². The van der Waals surface area contributed by atoms with Gasteiger partial charge in [0, 0.05) is 11.4 Å². The van der Waals surface area contributed by atoms with E-state index in [4.69, 9.17) is 17.0 Å². The molecule has 0 unspecified atom stereocenters. The molecule has 9 heteroatoms. The molecule has 3 aromatic carbocycles. The first-order chi connectivity index (χ1) is 16.2. The number of ether oxygens (including phenoxy) is 1. The molecule has 1 amide bonds. The maximum absolute atomic E-state index is 12.7. The van der Waals surface area contributed by atoms with Crippen LogP contribution in [0.25, 0.3) is 0 Å². The molecule has 0 saturated carbocycles. The third-order valence-corrected chi connectivity index (χ3v) is 6.36. The van der Waals surface area contributed by atoms with Crippen LogP contribution in [0.1, 0.15) is 30.6 Å². The van der Waals surface area contributed by atoms with Crippen molar-refractivity contribution in [1.82, 2.24) is 5.32 Å². The first kappa shape index (κ1) is 25.2. The Morgan fingerprint density at radius 3 is 2.24 bits per heavy atom. The van der Waals surface area contributed by atoms with Gasteiger partial charge in [-0.1, -0.05) is 44.2 Å². The zero-order chi connectivity index (χ0) is 24.6. The summed E-state index contributed by atoms with van der Waals surface area (Å²) in [4.78, 5) is 12.8. The summed E-state index contributed by atoms with van der Waals surface area (Å²) >= 11 is 5.26. The molecule has 7 nitrogen and oxygen atoms in total. The van der Waals surface area contributed by atoms with Crippen LogP contribution in [-0.4, -0.2) is 26.0 Å². The number of carbonyl (C=O) groups excluding carboxylic acids is 1. The molecule has 0 radical (unpaired) electrons. The molecule has 0 heterocycles. The summed E-state index contributed by atoms with van der Waals surface area (Å²) in [5.41, 5.74) is 1.39. The van der Waals surface area contributed by atoms with Crippen LogP contribution in [-0.2, 0) is 10.0 Å². The number of sulfonamides is 1. The lowest BCUT2D eigenvalue weighted by atomic mass is 10.1. The average Bonchev–Trinajstić information content (AvgIpc) is 2.80. The van der Waals surface area contributed by atoms with E-state index in [1.807, 2.05) is 0 Å². The standard InChI is InChI=1S/C25H27N3O4S2/c1-18(2)16-17-32-23-11-7-6-10-22(23)24(29)27-25(33)26-19-12-14-21(15-13-19)34(30,31)28-20-8-4-3-5-9-20/h3-15,18,28H,16-17H2,1-2H3,(H2,26,27,29,33). The summed E-state index contributed by atoms with van der Waals surface area (Å²) in [5, 5.41) is 5.61. The lowest BCUT2D eigenvalue weighted by Crippen LogP contribution is -2.34. The summed E-state index contributed by atoms with van der Waals surface area (Å²) in [6.07, 6.45) is 0.877. The molecule has 0 aliphatic carbocycles. The zero-order valence-electron chi connectivity index (χ0n) is 18.9. The van der Waals surface area contributed by atoms with Crippen molar-refractivity contribution in [3.8, 4) is 5.75 Å². The van der Waals surface area contributed by atoms with E-state index in [9.17, 15) is 13.2 Å². The fourth-order valence-corrected chi connectivity index (χ4v) is 4.22. The Morgan fingerprint density at radius 2 is 1.56 bits per heavy atom. The van der Waals surface area contributed by atoms with Crippen molar-refractivity contribution in [3.05, 3.63) is 84.4 Å². The van der Waals surface area contributed by atoms with Gasteiger partial charge >= 0.3 is 0 Å². The molecule has 0 aliphatic heterocycles. The number of anilines is 2. The molecule has 3 rings (SSSR count). The predicted molar refractivity (Wildman–Crippen MR) is 139 cm³/mol. The Bertz CT molecular complexity index is 1230. The molecule has 0 spiro atoms. The molecule has 0 aromatic heterocycles. The molecule has 3 aromatic rings. The maximum atomic E-state index is 12.7. The van der Waals surface area contributed by atoms with Gasteiger partial charge in [-0.25, -0.2) is 8.42 Å². The van der Waals surface area contributed by atoms with Crippen molar-refractivity contribution in [2.24, 2.45) is 5.92 Å². The number of amides is 1. The van der Waals surface area contributed by atoms with E-state index in [0.29, 0.717) is 35.2 Å². The van der Waals surface area contributed by atoms with Gasteiger partial charge in [0.15, 0.2) is 5.11 Å². The number of thiocarbonyl (C=S) groups is 1. The molecule has 0 atom stereocenters. The van der Waals surface area contributed by atoms with Gasteiger partial charge in [0.2, 0.25) is 0 Å². The van der Waals surface area contributed by atoms with Gasteiger partial charge in [0.25, 0.3) is 15.9 Å². The van der Waals surface area contributed by atoms with Gasteiger partial charge in [0.05, 0.1) is 17.1 Å². The van der Waals surface area contributed by atoms with Crippen LogP contribution in [0.3, 0.4) is 0 Å². The third kappa shape index (κ3) is 7.29. The summed E-state index contributed by atoms with van der Waals surface area (Å²) in [5.74, 6) is 0.584. The highest BCUT2D eigenvalue weighted by Crippen LogP contribution is 2.20. The fraction of sp³-hybridized carbons (Fsp3) is 0.200. The molecule has 0 saturated heterocycles. The Morgan fingerprint density at radius 1 is 0.912 bits per heavy atom. The van der Waals surface area contributed by atoms with E-state index in [2.05, 4.69) is 29.2 Å². The third-order valence-electron chi connectivity index (χ3n) is 4.76. The van der Waals surface area contributed by atoms with Gasteiger partial charge in [-0.15, -0.1) is 0 Å². The van der Waals surface area contributed by atoms with Gasteiger partial charge in [-0.05, 0) is 73.1 Å². The molecule has 0 bridgehead atoms. The number of carbonyl (C=O) groups is 1. The minimum absolute atomic E-state index is 0.0833. The Balaban J connectivity index is 1.60. The van der Waals surface area contributed by atoms with Gasteiger partial charge in [-0.2, -0.15) is 0 Å². The van der Waals surface area contributed by atoms with Gasteiger partial charge < -0.3 is 10.1 Å². The van der Waals surface area contributed by atoms with Crippen LogP contribution >= 0.6 is 12.2 Å². The van der Waals surface area contributed by atoms with E-state index >= 15 is 0 Å². The highest BCUT2D eigenvalue weighted by molar-refractivity contribution is 7.92. The minimum atomic E-state index is -3.73. The van der Waals surface area contributed by atoms with Crippen molar-refractivity contribution < 1.29 is 17.9 Å². The number of hydrogen-bond donors (Lipinski definition) is 3. The van der Waals surface area contributed by atoms with E-state index < -0.39 is 15.9 Å².